The minimum atomic E-state index is -3.17. The van der Waals surface area contributed by atoms with E-state index in [1.165, 1.54) is 0 Å². The van der Waals surface area contributed by atoms with Gasteiger partial charge in [-0.05, 0) is 26.7 Å². The van der Waals surface area contributed by atoms with Gasteiger partial charge >= 0.3 is 12.0 Å². The summed E-state index contributed by atoms with van der Waals surface area (Å²) < 4.78 is 23.0. The minimum absolute atomic E-state index is 0.00175. The summed E-state index contributed by atoms with van der Waals surface area (Å²) in [5.74, 6) is -1.32. The van der Waals surface area contributed by atoms with E-state index in [-0.39, 0.29) is 17.9 Å². The van der Waals surface area contributed by atoms with Crippen molar-refractivity contribution in [1.82, 2.24) is 10.2 Å². The molecule has 1 atom stereocenters. The highest BCUT2D eigenvalue weighted by molar-refractivity contribution is 7.91. The Morgan fingerprint density at radius 2 is 2.00 bits per heavy atom. The van der Waals surface area contributed by atoms with Crippen LogP contribution in [0, 0.1) is 0 Å². The van der Waals surface area contributed by atoms with Crippen LogP contribution in [0.25, 0.3) is 0 Å². The normalized spacial score (nSPS) is 21.4. The molecule has 1 heterocycles. The highest BCUT2D eigenvalue weighted by atomic mass is 32.2. The molecule has 1 aliphatic heterocycles. The van der Waals surface area contributed by atoms with E-state index >= 15 is 0 Å². The zero-order valence-electron chi connectivity index (χ0n) is 12.0. The molecule has 116 valence electrons. The highest BCUT2D eigenvalue weighted by Crippen LogP contribution is 2.19. The molecule has 0 aromatic rings. The van der Waals surface area contributed by atoms with E-state index < -0.39 is 40.0 Å². The first-order chi connectivity index (χ1) is 9.06. The summed E-state index contributed by atoms with van der Waals surface area (Å²) in [5, 5.41) is 11.7. The van der Waals surface area contributed by atoms with Gasteiger partial charge in [-0.3, -0.25) is 4.79 Å². The molecular weight excluding hydrogens is 284 g/mol. The number of hydrogen-bond acceptors (Lipinski definition) is 4. The third kappa shape index (κ3) is 4.66. The topological polar surface area (TPSA) is 104 Å². The lowest BCUT2D eigenvalue weighted by Gasteiger charge is -2.32. The second kappa shape index (κ2) is 5.99. The summed E-state index contributed by atoms with van der Waals surface area (Å²) in [5.41, 5.74) is -0.467. The summed E-state index contributed by atoms with van der Waals surface area (Å²) >= 11 is 0. The molecule has 0 aromatic heterocycles. The van der Waals surface area contributed by atoms with Crippen LogP contribution in [0.3, 0.4) is 0 Å². The Labute approximate surface area is 119 Å². The molecule has 1 saturated heterocycles. The van der Waals surface area contributed by atoms with Crippen LogP contribution >= 0.6 is 0 Å². The van der Waals surface area contributed by atoms with E-state index in [1.54, 1.807) is 0 Å². The maximum Gasteiger partial charge on any atom is 0.323 e. The van der Waals surface area contributed by atoms with E-state index in [2.05, 4.69) is 5.32 Å². The number of nitrogens with one attached hydrogen (secondary N) is 1. The Hall–Kier alpha value is -1.31. The second-order valence-corrected chi connectivity index (χ2v) is 7.97. The molecule has 1 unspecified atom stereocenters. The molecule has 1 rings (SSSR count). The monoisotopic (exact) mass is 306 g/mol. The van der Waals surface area contributed by atoms with Gasteiger partial charge in [-0.2, -0.15) is 0 Å². The number of hydrogen-bond donors (Lipinski definition) is 2. The molecule has 8 heteroatoms. The molecule has 0 bridgehead atoms. The van der Waals surface area contributed by atoms with Crippen molar-refractivity contribution in [2.24, 2.45) is 0 Å². The lowest BCUT2D eigenvalue weighted by molar-refractivity contribution is -0.138. The highest BCUT2D eigenvalue weighted by Gasteiger charge is 2.36. The quantitative estimate of drug-likeness (QED) is 0.768. The maximum absolute atomic E-state index is 12.2. The molecule has 7 nitrogen and oxygen atoms in total. The zero-order valence-corrected chi connectivity index (χ0v) is 12.9. The molecule has 0 radical (unpaired) electrons. The van der Waals surface area contributed by atoms with Crippen LogP contribution in [-0.2, 0) is 14.6 Å². The average Bonchev–Trinajstić information content (AvgIpc) is 2.65. The molecule has 1 fully saturated rings. The fraction of sp³-hybridized carbons (Fsp3) is 0.833. The van der Waals surface area contributed by atoms with Gasteiger partial charge in [0.05, 0.1) is 11.5 Å². The van der Waals surface area contributed by atoms with E-state index in [1.807, 2.05) is 20.8 Å². The number of amides is 2. The van der Waals surface area contributed by atoms with Crippen molar-refractivity contribution in [3.63, 3.8) is 0 Å². The molecule has 0 aliphatic carbocycles. The summed E-state index contributed by atoms with van der Waals surface area (Å²) in [7, 11) is -3.17. The van der Waals surface area contributed by atoms with Gasteiger partial charge in [0, 0.05) is 11.6 Å². The summed E-state index contributed by atoms with van der Waals surface area (Å²) in [6, 6.07) is -1.09. The fourth-order valence-corrected chi connectivity index (χ4v) is 3.71. The smallest absolute Gasteiger partial charge is 0.323 e. The number of rotatable bonds is 5. The Morgan fingerprint density at radius 1 is 1.40 bits per heavy atom. The summed E-state index contributed by atoms with van der Waals surface area (Å²) in [6.07, 6.45) is 0.970. The van der Waals surface area contributed by atoms with Crippen molar-refractivity contribution in [3.8, 4) is 0 Å². The number of carboxylic acids is 1. The van der Waals surface area contributed by atoms with Gasteiger partial charge in [0.1, 0.15) is 6.54 Å². The molecule has 0 spiro atoms. The van der Waals surface area contributed by atoms with Gasteiger partial charge in [-0.1, -0.05) is 6.92 Å². The number of carboxylic acid groups (broad SMARTS) is 1. The fourth-order valence-electron chi connectivity index (χ4n) is 1.98. The van der Waals surface area contributed by atoms with Crippen LogP contribution in [-0.4, -0.2) is 60.1 Å². The van der Waals surface area contributed by atoms with Gasteiger partial charge < -0.3 is 15.3 Å². The number of sulfone groups is 1. The number of carbonyl (C=O) groups is 2. The third-order valence-electron chi connectivity index (χ3n) is 3.54. The van der Waals surface area contributed by atoms with Crippen LogP contribution in [0.15, 0.2) is 0 Å². The van der Waals surface area contributed by atoms with Crippen LogP contribution in [0.5, 0.6) is 0 Å². The summed E-state index contributed by atoms with van der Waals surface area (Å²) in [4.78, 5) is 24.2. The predicted molar refractivity (Wildman–Crippen MR) is 74.3 cm³/mol. The van der Waals surface area contributed by atoms with Crippen LogP contribution < -0.4 is 5.32 Å². The lowest BCUT2D eigenvalue weighted by atomic mass is 10.0. The zero-order chi connectivity index (χ0) is 15.6. The van der Waals surface area contributed by atoms with Crippen molar-refractivity contribution >= 4 is 21.8 Å². The Morgan fingerprint density at radius 3 is 2.40 bits per heavy atom. The summed E-state index contributed by atoms with van der Waals surface area (Å²) in [6.45, 7) is 5.07. The number of carbonyl (C=O) groups excluding carboxylic acids is 1. The van der Waals surface area contributed by atoms with Gasteiger partial charge in [-0.15, -0.1) is 0 Å². The molecule has 20 heavy (non-hydrogen) atoms. The molecule has 2 N–H and O–H groups in total. The standard InChI is InChI=1S/C12H22N2O5S/c1-4-12(2,3)13-11(17)14(7-10(15)16)9-5-6-20(18,19)8-9/h9H,4-8H2,1-3H3,(H,13,17)(H,15,16). The number of aliphatic carboxylic acids is 1. The second-order valence-electron chi connectivity index (χ2n) is 5.75. The molecule has 0 saturated carbocycles. The first-order valence-corrected chi connectivity index (χ1v) is 8.39. The van der Waals surface area contributed by atoms with Crippen molar-refractivity contribution in [1.29, 1.82) is 0 Å². The largest absolute Gasteiger partial charge is 0.480 e. The van der Waals surface area contributed by atoms with Crippen molar-refractivity contribution in [3.05, 3.63) is 0 Å². The number of urea groups is 1. The van der Waals surface area contributed by atoms with Gasteiger partial charge in [0.25, 0.3) is 0 Å². The maximum atomic E-state index is 12.2. The van der Waals surface area contributed by atoms with Crippen LogP contribution in [0.2, 0.25) is 0 Å². The predicted octanol–water partition coefficient (Wildman–Crippen LogP) is 0.458. The van der Waals surface area contributed by atoms with Crippen LogP contribution in [0.1, 0.15) is 33.6 Å². The molecule has 2 amide bonds. The third-order valence-corrected chi connectivity index (χ3v) is 5.30. The van der Waals surface area contributed by atoms with Gasteiger partial charge in [0.15, 0.2) is 9.84 Å². The molecule has 1 aliphatic rings. The van der Waals surface area contributed by atoms with Crippen molar-refractivity contribution in [2.45, 2.75) is 45.2 Å². The Balaban J connectivity index is 2.84. The first-order valence-electron chi connectivity index (χ1n) is 6.57. The van der Waals surface area contributed by atoms with Crippen LogP contribution in [0.4, 0.5) is 4.79 Å². The van der Waals surface area contributed by atoms with E-state index in [9.17, 15) is 18.0 Å². The first kappa shape index (κ1) is 16.7. The van der Waals surface area contributed by atoms with E-state index in [4.69, 9.17) is 5.11 Å². The number of nitrogens with zero attached hydrogens (tertiary/aromatic N) is 1. The van der Waals surface area contributed by atoms with Crippen molar-refractivity contribution in [2.75, 3.05) is 18.1 Å². The molecular formula is C12H22N2O5S. The Bertz CT molecular complexity index is 486. The molecule has 0 aromatic carbocycles. The van der Waals surface area contributed by atoms with E-state index in [0.717, 1.165) is 4.90 Å². The Kier molecular flexibility index (Phi) is 5.01. The SMILES string of the molecule is CCC(C)(C)NC(=O)N(CC(=O)O)C1CCS(=O)(=O)C1. The van der Waals surface area contributed by atoms with E-state index in [0.29, 0.717) is 6.42 Å². The lowest BCUT2D eigenvalue weighted by Crippen LogP contribution is -2.54. The van der Waals surface area contributed by atoms with Gasteiger partial charge in [-0.25, -0.2) is 13.2 Å². The minimum Gasteiger partial charge on any atom is -0.480 e. The van der Waals surface area contributed by atoms with Gasteiger partial charge in [0.2, 0.25) is 0 Å². The average molecular weight is 306 g/mol. The van der Waals surface area contributed by atoms with Crippen molar-refractivity contribution < 1.29 is 23.1 Å².